The zero-order valence-electron chi connectivity index (χ0n) is 7.46. The average molecular weight is 249 g/mol. The molecule has 1 aliphatic rings. The van der Waals surface area contributed by atoms with E-state index < -0.39 is 15.1 Å². The highest BCUT2D eigenvalue weighted by Crippen LogP contribution is 2.31. The number of benzene rings is 1. The number of carbonyl (C=O) groups excluding carboxylic acids is 1. The maximum absolute atomic E-state index is 12.8. The van der Waals surface area contributed by atoms with Crippen LogP contribution in [0.25, 0.3) is 0 Å². The normalized spacial score (nSPS) is 15.5. The van der Waals surface area contributed by atoms with Crippen molar-refractivity contribution in [2.24, 2.45) is 0 Å². The third kappa shape index (κ3) is 1.77. The first-order chi connectivity index (χ1) is 6.89. The summed E-state index contributed by atoms with van der Waals surface area (Å²) in [7, 11) is -4.86. The maximum Gasteiger partial charge on any atom is 0.333 e. The monoisotopic (exact) mass is 248 g/mol. The maximum atomic E-state index is 12.8. The molecule has 0 N–H and O–H groups in total. The van der Waals surface area contributed by atoms with Gasteiger partial charge in [-0.05, 0) is 24.1 Å². The molecule has 1 aromatic carbocycles. The zero-order chi connectivity index (χ0) is 11.2. The van der Waals surface area contributed by atoms with Crippen LogP contribution < -0.4 is 0 Å². The van der Waals surface area contributed by atoms with Crippen LogP contribution in [0.5, 0.6) is 0 Å². The molecule has 0 saturated heterocycles. The van der Waals surface area contributed by atoms with Gasteiger partial charge in [-0.1, -0.05) is 11.6 Å². The van der Waals surface area contributed by atoms with E-state index in [1.54, 1.807) is 0 Å². The minimum Gasteiger partial charge on any atom is -0.294 e. The number of carbonyl (C=O) groups is 1. The van der Waals surface area contributed by atoms with Crippen molar-refractivity contribution in [3.05, 3.63) is 28.3 Å². The van der Waals surface area contributed by atoms with Gasteiger partial charge in [0.25, 0.3) is 0 Å². The fourth-order valence-corrected chi connectivity index (χ4v) is 2.64. The molecule has 0 radical (unpaired) electrons. The molecule has 0 atom stereocenters. The topological polar surface area (TPSA) is 51.2 Å². The Hall–Kier alpha value is -0.940. The largest absolute Gasteiger partial charge is 0.333 e. The minimum absolute atomic E-state index is 0.174. The Morgan fingerprint density at radius 2 is 1.93 bits per heavy atom. The van der Waals surface area contributed by atoms with E-state index in [-0.39, 0.29) is 16.4 Å². The van der Waals surface area contributed by atoms with Crippen LogP contribution in [0, 0.1) is 0 Å². The van der Waals surface area contributed by atoms with Crippen molar-refractivity contribution in [3.8, 4) is 0 Å². The van der Waals surface area contributed by atoms with Gasteiger partial charge in [-0.15, -0.1) is 3.89 Å². The Morgan fingerprint density at radius 1 is 1.27 bits per heavy atom. The van der Waals surface area contributed by atoms with Crippen LogP contribution in [0.4, 0.5) is 3.89 Å². The Labute approximate surface area is 91.1 Å². The lowest BCUT2D eigenvalue weighted by atomic mass is 10.1. The summed E-state index contributed by atoms with van der Waals surface area (Å²) in [6, 6.07) is 2.36. The second-order valence-electron chi connectivity index (χ2n) is 3.30. The van der Waals surface area contributed by atoms with Crippen molar-refractivity contribution in [2.75, 3.05) is 0 Å². The van der Waals surface area contributed by atoms with Crippen molar-refractivity contribution in [3.63, 3.8) is 0 Å². The number of Topliss-reactive ketones (excluding diaryl/α,β-unsaturated/α-hetero) is 1. The van der Waals surface area contributed by atoms with E-state index in [2.05, 4.69) is 0 Å². The van der Waals surface area contributed by atoms with Gasteiger partial charge < -0.3 is 0 Å². The van der Waals surface area contributed by atoms with Crippen molar-refractivity contribution in [2.45, 2.75) is 17.7 Å². The van der Waals surface area contributed by atoms with E-state index in [1.165, 1.54) is 6.07 Å². The summed E-state index contributed by atoms with van der Waals surface area (Å²) >= 11 is 5.61. The predicted octanol–water partition coefficient (Wildman–Crippen LogP) is 2.13. The van der Waals surface area contributed by atoms with E-state index in [4.69, 9.17) is 11.6 Å². The Bertz CT molecular complexity index is 551. The second kappa shape index (κ2) is 3.28. The van der Waals surface area contributed by atoms with Crippen LogP contribution >= 0.6 is 11.6 Å². The average Bonchev–Trinajstić information content (AvgIpc) is 2.44. The molecule has 3 nitrogen and oxygen atoms in total. The molecule has 0 spiro atoms. The summed E-state index contributed by atoms with van der Waals surface area (Å²) in [6.45, 7) is 0. The SMILES string of the molecule is O=C1CCc2cc(Cl)c(S(=O)(=O)F)cc21. The van der Waals surface area contributed by atoms with Crippen molar-refractivity contribution in [1.29, 1.82) is 0 Å². The molecule has 0 bridgehead atoms. The molecule has 0 saturated carbocycles. The number of halogens is 2. The summed E-state index contributed by atoms with van der Waals surface area (Å²) in [4.78, 5) is 10.7. The van der Waals surface area contributed by atoms with Crippen molar-refractivity contribution < 1.29 is 17.1 Å². The van der Waals surface area contributed by atoms with Gasteiger partial charge in [0, 0.05) is 12.0 Å². The van der Waals surface area contributed by atoms with Crippen LogP contribution in [-0.2, 0) is 16.6 Å². The van der Waals surface area contributed by atoms with Gasteiger partial charge in [-0.3, -0.25) is 4.79 Å². The lowest BCUT2D eigenvalue weighted by Gasteiger charge is -2.02. The molecule has 15 heavy (non-hydrogen) atoms. The molecule has 0 heterocycles. The van der Waals surface area contributed by atoms with Gasteiger partial charge in [0.15, 0.2) is 5.78 Å². The molecule has 1 aromatic rings. The Kier molecular flexibility index (Phi) is 2.31. The van der Waals surface area contributed by atoms with Crippen molar-refractivity contribution >= 4 is 27.6 Å². The van der Waals surface area contributed by atoms with Crippen LogP contribution in [0.3, 0.4) is 0 Å². The van der Waals surface area contributed by atoms with Gasteiger partial charge in [-0.25, -0.2) is 0 Å². The Morgan fingerprint density at radius 3 is 2.53 bits per heavy atom. The summed E-state index contributed by atoms with van der Waals surface area (Å²) < 4.78 is 34.1. The van der Waals surface area contributed by atoms with Gasteiger partial charge in [0.1, 0.15) is 4.90 Å². The minimum atomic E-state index is -4.86. The zero-order valence-corrected chi connectivity index (χ0v) is 9.03. The van der Waals surface area contributed by atoms with Crippen molar-refractivity contribution in [1.82, 2.24) is 0 Å². The smallest absolute Gasteiger partial charge is 0.294 e. The van der Waals surface area contributed by atoms with Gasteiger partial charge in [-0.2, -0.15) is 8.42 Å². The number of hydrogen-bond acceptors (Lipinski definition) is 3. The molecular formula is C9H6ClFO3S. The third-order valence-electron chi connectivity index (χ3n) is 2.34. The fourth-order valence-electron chi connectivity index (χ4n) is 1.63. The molecule has 1 aliphatic carbocycles. The van der Waals surface area contributed by atoms with E-state index in [0.29, 0.717) is 18.4 Å². The van der Waals surface area contributed by atoms with Crippen LogP contribution in [-0.4, -0.2) is 14.2 Å². The van der Waals surface area contributed by atoms with Crippen LogP contribution in [0.1, 0.15) is 22.3 Å². The molecule has 6 heteroatoms. The molecule has 0 aromatic heterocycles. The second-order valence-corrected chi connectivity index (χ2v) is 5.02. The van der Waals surface area contributed by atoms with E-state index in [1.807, 2.05) is 0 Å². The standard InChI is InChI=1S/C9H6ClFO3S/c10-7-3-5-1-2-8(12)6(5)4-9(7)15(11,13)14/h3-4H,1-2H2. The molecule has 0 unspecified atom stereocenters. The van der Waals surface area contributed by atoms with Gasteiger partial charge >= 0.3 is 10.2 Å². The Balaban J connectivity index is 2.71. The molecule has 0 fully saturated rings. The molecule has 2 rings (SSSR count). The van der Waals surface area contributed by atoms with Crippen LogP contribution in [0.15, 0.2) is 17.0 Å². The van der Waals surface area contributed by atoms with E-state index in [0.717, 1.165) is 6.07 Å². The fraction of sp³-hybridized carbons (Fsp3) is 0.222. The quantitative estimate of drug-likeness (QED) is 0.716. The van der Waals surface area contributed by atoms with Crippen LogP contribution in [0.2, 0.25) is 5.02 Å². The van der Waals surface area contributed by atoms with E-state index in [9.17, 15) is 17.1 Å². The first-order valence-corrected chi connectivity index (χ1v) is 5.96. The highest BCUT2D eigenvalue weighted by Gasteiger charge is 2.25. The first-order valence-electron chi connectivity index (χ1n) is 4.20. The summed E-state index contributed by atoms with van der Waals surface area (Å²) in [5.41, 5.74) is 0.938. The van der Waals surface area contributed by atoms with E-state index >= 15 is 0 Å². The summed E-state index contributed by atoms with van der Waals surface area (Å²) in [5.74, 6) is -0.174. The highest BCUT2D eigenvalue weighted by atomic mass is 35.5. The lowest BCUT2D eigenvalue weighted by molar-refractivity contribution is 0.0994. The third-order valence-corrected chi connectivity index (χ3v) is 3.63. The van der Waals surface area contributed by atoms with Gasteiger partial charge in [0.2, 0.25) is 0 Å². The summed E-state index contributed by atoms with van der Waals surface area (Å²) in [5, 5.41) is -0.175. The predicted molar refractivity (Wildman–Crippen MR) is 52.4 cm³/mol. The molecule has 0 aliphatic heterocycles. The summed E-state index contributed by atoms with van der Waals surface area (Å²) in [6.07, 6.45) is 0.849. The number of fused-ring (bicyclic) bond motifs is 1. The molecule has 0 amide bonds. The number of ketones is 1. The molecular weight excluding hydrogens is 243 g/mol. The number of hydrogen-bond donors (Lipinski definition) is 0. The first kappa shape index (κ1) is 10.6. The lowest BCUT2D eigenvalue weighted by Crippen LogP contribution is -1.98. The number of rotatable bonds is 1. The highest BCUT2D eigenvalue weighted by molar-refractivity contribution is 7.86. The number of aryl methyl sites for hydroxylation is 1. The van der Waals surface area contributed by atoms with Gasteiger partial charge in [0.05, 0.1) is 5.02 Å². The molecule has 80 valence electrons.